The van der Waals surface area contributed by atoms with Crippen LogP contribution in [0.5, 0.6) is 0 Å². The predicted molar refractivity (Wildman–Crippen MR) is 82.8 cm³/mol. The van der Waals surface area contributed by atoms with Crippen LogP contribution in [-0.4, -0.2) is 35.5 Å². The number of ether oxygens (including phenoxy) is 1. The molecule has 1 N–H and O–H groups in total. The van der Waals surface area contributed by atoms with Gasteiger partial charge in [-0.05, 0) is 12.5 Å². The molecule has 5 heteroatoms. The van der Waals surface area contributed by atoms with Crippen molar-refractivity contribution < 1.29 is 9.53 Å². The van der Waals surface area contributed by atoms with Crippen molar-refractivity contribution in [2.75, 3.05) is 19.7 Å². The lowest BCUT2D eigenvalue weighted by Crippen LogP contribution is -2.43. The summed E-state index contributed by atoms with van der Waals surface area (Å²) in [6.45, 7) is 3.20. The zero-order valence-corrected chi connectivity index (χ0v) is 12.4. The van der Waals surface area contributed by atoms with E-state index in [9.17, 15) is 9.59 Å². The molecular formula is C17H18N2O3. The number of carbonyl (C=O) groups is 1. The highest BCUT2D eigenvalue weighted by atomic mass is 16.5. The van der Waals surface area contributed by atoms with E-state index in [-0.39, 0.29) is 23.0 Å². The maximum absolute atomic E-state index is 12.6. The maximum atomic E-state index is 12.6. The van der Waals surface area contributed by atoms with Crippen molar-refractivity contribution in [3.63, 3.8) is 0 Å². The average molecular weight is 298 g/mol. The summed E-state index contributed by atoms with van der Waals surface area (Å²) in [6.07, 6.45) is 1.34. The number of benzene rings is 1. The monoisotopic (exact) mass is 298 g/mol. The van der Waals surface area contributed by atoms with E-state index in [4.69, 9.17) is 4.74 Å². The number of H-pyrrole nitrogens is 1. The van der Waals surface area contributed by atoms with Gasteiger partial charge in [0.2, 0.25) is 0 Å². The Bertz CT molecular complexity index is 724. The summed E-state index contributed by atoms with van der Waals surface area (Å²) in [6, 6.07) is 11.3. The zero-order chi connectivity index (χ0) is 15.5. The van der Waals surface area contributed by atoms with Crippen LogP contribution in [0, 0.1) is 6.92 Å². The van der Waals surface area contributed by atoms with Crippen molar-refractivity contribution in [3.8, 4) is 0 Å². The Morgan fingerprint density at radius 2 is 2.09 bits per heavy atom. The Balaban J connectivity index is 1.80. The predicted octanol–water partition coefficient (Wildman–Crippen LogP) is 1.90. The highest BCUT2D eigenvalue weighted by Gasteiger charge is 2.27. The standard InChI is InChI=1S/C17H18N2O3/c1-12-9-15(20)14(10-18-12)17(21)19-7-8-22-16(11-19)13-5-3-2-4-6-13/h2-6,9-10,16H,7-8,11H2,1H3,(H,18,20). The van der Waals surface area contributed by atoms with Crippen molar-refractivity contribution >= 4 is 5.91 Å². The van der Waals surface area contributed by atoms with Gasteiger partial charge >= 0.3 is 0 Å². The lowest BCUT2D eigenvalue weighted by atomic mass is 10.1. The fourth-order valence-electron chi connectivity index (χ4n) is 2.61. The largest absolute Gasteiger partial charge is 0.370 e. The summed E-state index contributed by atoms with van der Waals surface area (Å²) in [5, 5.41) is 0. The van der Waals surface area contributed by atoms with Gasteiger partial charge in [-0.1, -0.05) is 30.3 Å². The van der Waals surface area contributed by atoms with Gasteiger partial charge in [0.1, 0.15) is 11.7 Å². The number of nitrogens with zero attached hydrogens (tertiary/aromatic N) is 1. The molecule has 1 fully saturated rings. The van der Waals surface area contributed by atoms with Crippen molar-refractivity contribution in [3.05, 3.63) is 69.6 Å². The molecule has 0 radical (unpaired) electrons. The summed E-state index contributed by atoms with van der Waals surface area (Å²) in [5.41, 5.74) is 1.71. The summed E-state index contributed by atoms with van der Waals surface area (Å²) in [5.74, 6) is -0.245. The SMILES string of the molecule is Cc1cc(=O)c(C(=O)N2CCOC(c3ccccc3)C2)c[nH]1. The van der Waals surface area contributed by atoms with Crippen LogP contribution < -0.4 is 5.43 Å². The minimum absolute atomic E-state index is 0.150. The lowest BCUT2D eigenvalue weighted by Gasteiger charge is -2.33. The van der Waals surface area contributed by atoms with E-state index in [0.29, 0.717) is 19.7 Å². The lowest BCUT2D eigenvalue weighted by molar-refractivity contribution is -0.0228. The van der Waals surface area contributed by atoms with Crippen molar-refractivity contribution in [2.45, 2.75) is 13.0 Å². The molecule has 1 amide bonds. The molecular weight excluding hydrogens is 280 g/mol. The number of amides is 1. The molecule has 22 heavy (non-hydrogen) atoms. The number of rotatable bonds is 2. The van der Waals surface area contributed by atoms with Crippen LogP contribution in [0.25, 0.3) is 0 Å². The molecule has 2 heterocycles. The molecule has 0 saturated carbocycles. The Hall–Kier alpha value is -2.40. The van der Waals surface area contributed by atoms with E-state index in [1.807, 2.05) is 30.3 Å². The minimum Gasteiger partial charge on any atom is -0.370 e. The molecule has 1 aromatic carbocycles. The van der Waals surface area contributed by atoms with Crippen LogP contribution in [0.1, 0.15) is 27.7 Å². The summed E-state index contributed by atoms with van der Waals surface area (Å²) < 4.78 is 5.75. The van der Waals surface area contributed by atoms with Crippen LogP contribution in [0.2, 0.25) is 0 Å². The van der Waals surface area contributed by atoms with Crippen LogP contribution >= 0.6 is 0 Å². The smallest absolute Gasteiger partial charge is 0.259 e. The molecule has 1 atom stereocenters. The number of aromatic amines is 1. The first kappa shape index (κ1) is 14.5. The van der Waals surface area contributed by atoms with Gasteiger partial charge < -0.3 is 14.6 Å². The zero-order valence-electron chi connectivity index (χ0n) is 12.4. The Labute approximate surface area is 128 Å². The number of morpholine rings is 1. The molecule has 1 unspecified atom stereocenters. The number of aryl methyl sites for hydroxylation is 1. The molecule has 3 rings (SSSR count). The molecule has 0 aliphatic carbocycles. The van der Waals surface area contributed by atoms with Gasteiger partial charge in [-0.25, -0.2) is 0 Å². The minimum atomic E-state index is -0.246. The van der Waals surface area contributed by atoms with E-state index in [0.717, 1.165) is 11.3 Å². The third-order valence-corrected chi connectivity index (χ3v) is 3.81. The number of hydrogen-bond acceptors (Lipinski definition) is 3. The van der Waals surface area contributed by atoms with Crippen LogP contribution in [0.15, 0.2) is 47.4 Å². The average Bonchev–Trinajstić information content (AvgIpc) is 2.55. The summed E-state index contributed by atoms with van der Waals surface area (Å²) >= 11 is 0. The van der Waals surface area contributed by atoms with Gasteiger partial charge in [0, 0.05) is 24.5 Å². The quantitative estimate of drug-likeness (QED) is 0.921. The second-order valence-electron chi connectivity index (χ2n) is 5.42. The normalized spacial score (nSPS) is 18.2. The fourth-order valence-corrected chi connectivity index (χ4v) is 2.61. The first-order chi connectivity index (χ1) is 10.6. The maximum Gasteiger partial charge on any atom is 0.259 e. The molecule has 1 aliphatic rings. The first-order valence-corrected chi connectivity index (χ1v) is 7.30. The molecule has 0 bridgehead atoms. The highest BCUT2D eigenvalue weighted by molar-refractivity contribution is 5.93. The van der Waals surface area contributed by atoms with Gasteiger partial charge in [0.05, 0.1) is 13.2 Å². The molecule has 1 aromatic heterocycles. The number of aromatic nitrogens is 1. The van der Waals surface area contributed by atoms with E-state index in [2.05, 4.69) is 4.98 Å². The van der Waals surface area contributed by atoms with Gasteiger partial charge in [-0.15, -0.1) is 0 Å². The highest BCUT2D eigenvalue weighted by Crippen LogP contribution is 2.22. The fraction of sp³-hybridized carbons (Fsp3) is 0.294. The van der Waals surface area contributed by atoms with Gasteiger partial charge in [0.25, 0.3) is 5.91 Å². The third kappa shape index (κ3) is 2.94. The Morgan fingerprint density at radius 1 is 1.32 bits per heavy atom. The molecule has 0 spiro atoms. The van der Waals surface area contributed by atoms with Gasteiger partial charge in [-0.2, -0.15) is 0 Å². The summed E-state index contributed by atoms with van der Waals surface area (Å²) in [4.78, 5) is 29.1. The molecule has 1 saturated heterocycles. The van der Waals surface area contributed by atoms with E-state index in [1.165, 1.54) is 12.3 Å². The molecule has 1 aliphatic heterocycles. The van der Waals surface area contributed by atoms with Crippen LogP contribution in [0.4, 0.5) is 0 Å². The van der Waals surface area contributed by atoms with Crippen molar-refractivity contribution in [1.29, 1.82) is 0 Å². The number of carbonyl (C=O) groups excluding carboxylic acids is 1. The van der Waals surface area contributed by atoms with Crippen LogP contribution in [0.3, 0.4) is 0 Å². The van der Waals surface area contributed by atoms with Crippen LogP contribution in [-0.2, 0) is 4.74 Å². The Morgan fingerprint density at radius 3 is 2.82 bits per heavy atom. The van der Waals surface area contributed by atoms with Gasteiger partial charge in [-0.3, -0.25) is 9.59 Å². The Kier molecular flexibility index (Phi) is 4.06. The van der Waals surface area contributed by atoms with Crippen molar-refractivity contribution in [1.82, 2.24) is 9.88 Å². The molecule has 2 aromatic rings. The molecule has 114 valence electrons. The molecule has 5 nitrogen and oxygen atoms in total. The topological polar surface area (TPSA) is 62.4 Å². The third-order valence-electron chi connectivity index (χ3n) is 3.81. The van der Waals surface area contributed by atoms with E-state index in [1.54, 1.807) is 11.8 Å². The number of nitrogens with one attached hydrogen (secondary N) is 1. The summed E-state index contributed by atoms with van der Waals surface area (Å²) in [7, 11) is 0. The first-order valence-electron chi connectivity index (χ1n) is 7.30. The number of pyridine rings is 1. The van der Waals surface area contributed by atoms with E-state index >= 15 is 0 Å². The number of hydrogen-bond donors (Lipinski definition) is 1. The second kappa shape index (κ2) is 6.15. The van der Waals surface area contributed by atoms with Gasteiger partial charge in [0.15, 0.2) is 5.43 Å². The van der Waals surface area contributed by atoms with Crippen molar-refractivity contribution in [2.24, 2.45) is 0 Å². The second-order valence-corrected chi connectivity index (χ2v) is 5.42. The van der Waals surface area contributed by atoms with E-state index < -0.39 is 0 Å².